The highest BCUT2D eigenvalue weighted by Gasteiger charge is 2.39. The molecule has 2 heterocycles. The third-order valence-electron chi connectivity index (χ3n) is 2.98. The summed E-state index contributed by atoms with van der Waals surface area (Å²) < 4.78 is 82.0. The first kappa shape index (κ1) is 19.7. The first-order valence-electron chi connectivity index (χ1n) is 7.02. The monoisotopic (exact) mass is 383 g/mol. The summed E-state index contributed by atoms with van der Waals surface area (Å²) in [4.78, 5) is 22.5. The Morgan fingerprint density at radius 1 is 1.12 bits per heavy atom. The predicted octanol–water partition coefficient (Wildman–Crippen LogP) is 3.85. The van der Waals surface area contributed by atoms with E-state index in [1.807, 2.05) is 5.48 Å². The number of nitrogens with zero attached hydrogens (tertiary/aromatic N) is 2. The Morgan fingerprint density at radius 2 is 1.81 bits per heavy atom. The molecule has 0 atom stereocenters. The maximum atomic E-state index is 13.0. The Bertz CT molecular complexity index is 807. The van der Waals surface area contributed by atoms with E-state index in [9.17, 15) is 31.1 Å². The molecule has 1 amide bonds. The van der Waals surface area contributed by atoms with Crippen molar-refractivity contribution in [3.05, 3.63) is 35.2 Å². The van der Waals surface area contributed by atoms with Gasteiger partial charge in [0.15, 0.2) is 5.65 Å². The quantitative estimate of drug-likeness (QED) is 0.642. The fourth-order valence-corrected chi connectivity index (χ4v) is 1.93. The molecule has 0 aliphatic heterocycles. The Hall–Kier alpha value is -2.63. The van der Waals surface area contributed by atoms with Crippen LogP contribution in [0.1, 0.15) is 23.9 Å². The van der Waals surface area contributed by atoms with Crippen LogP contribution in [-0.2, 0) is 28.5 Å². The van der Waals surface area contributed by atoms with Gasteiger partial charge in [0.05, 0.1) is 17.9 Å². The minimum absolute atomic E-state index is 0.0470. The molecular formula is C14H11F6N3O3. The van der Waals surface area contributed by atoms with Crippen LogP contribution >= 0.6 is 0 Å². The van der Waals surface area contributed by atoms with Crippen molar-refractivity contribution in [2.24, 2.45) is 0 Å². The van der Waals surface area contributed by atoms with Gasteiger partial charge in [-0.2, -0.15) is 31.8 Å². The Labute approximate surface area is 142 Å². The summed E-state index contributed by atoms with van der Waals surface area (Å²) in [6, 6.07) is 1.98. The topological polar surface area (TPSA) is 73.3 Å². The number of carbonyl (C=O) groups excluding carboxylic acids is 1. The van der Waals surface area contributed by atoms with Crippen molar-refractivity contribution in [3.8, 4) is 0 Å². The number of aromatic nitrogens is 2. The van der Waals surface area contributed by atoms with Crippen LogP contribution in [0.3, 0.4) is 0 Å². The smallest absolute Gasteiger partial charge is 0.433 e. The van der Waals surface area contributed by atoms with Crippen LogP contribution in [0.25, 0.3) is 11.0 Å². The minimum atomic E-state index is -5.08. The highest BCUT2D eigenvalue weighted by molar-refractivity contribution is 5.80. The molecule has 2 rings (SSSR count). The van der Waals surface area contributed by atoms with Crippen LogP contribution in [0.15, 0.2) is 18.2 Å². The first-order chi connectivity index (χ1) is 12.0. The van der Waals surface area contributed by atoms with Gasteiger partial charge in [-0.15, -0.1) is 0 Å². The van der Waals surface area contributed by atoms with Crippen LogP contribution in [0, 0.1) is 0 Å². The summed E-state index contributed by atoms with van der Waals surface area (Å²) in [5.41, 5.74) is -2.14. The number of alkyl halides is 6. The standard InChI is InChI=1S/C14H11F6N3O3/c1-2-25-12(24)23-26-6-7-3-4-8-9(13(15,16)17)5-10(14(18,19)20)22-11(8)21-7/h3-5H,2,6H2,1H3,(H,23,24). The lowest BCUT2D eigenvalue weighted by molar-refractivity contribution is -0.144. The Kier molecular flexibility index (Phi) is 5.54. The van der Waals surface area contributed by atoms with E-state index >= 15 is 0 Å². The summed E-state index contributed by atoms with van der Waals surface area (Å²) >= 11 is 0. The van der Waals surface area contributed by atoms with Crippen LogP contribution in [0.2, 0.25) is 0 Å². The molecule has 0 bridgehead atoms. The molecule has 0 saturated heterocycles. The second-order valence-corrected chi connectivity index (χ2v) is 4.84. The third-order valence-corrected chi connectivity index (χ3v) is 2.98. The SMILES string of the molecule is CCOC(=O)NOCc1ccc2c(C(F)(F)F)cc(C(F)(F)F)nc2n1. The highest BCUT2D eigenvalue weighted by Crippen LogP contribution is 2.38. The van der Waals surface area contributed by atoms with Crippen LogP contribution < -0.4 is 5.48 Å². The number of carbonyl (C=O) groups is 1. The predicted molar refractivity (Wildman–Crippen MR) is 74.5 cm³/mol. The number of amides is 1. The van der Waals surface area contributed by atoms with Gasteiger partial charge < -0.3 is 4.74 Å². The zero-order valence-electron chi connectivity index (χ0n) is 13.0. The lowest BCUT2D eigenvalue weighted by atomic mass is 10.1. The molecule has 2 aromatic rings. The van der Waals surface area contributed by atoms with E-state index < -0.39 is 47.3 Å². The van der Waals surface area contributed by atoms with Gasteiger partial charge in [-0.05, 0) is 25.1 Å². The number of hydroxylamine groups is 1. The zero-order valence-corrected chi connectivity index (χ0v) is 13.0. The van der Waals surface area contributed by atoms with Gasteiger partial charge in [0.1, 0.15) is 12.3 Å². The van der Waals surface area contributed by atoms with E-state index in [1.165, 1.54) is 0 Å². The molecule has 2 aromatic heterocycles. The number of rotatable bonds is 4. The zero-order chi connectivity index (χ0) is 19.5. The van der Waals surface area contributed by atoms with E-state index in [0.717, 1.165) is 12.1 Å². The number of ether oxygens (including phenoxy) is 1. The number of hydrogen-bond donors (Lipinski definition) is 1. The lowest BCUT2D eigenvalue weighted by Gasteiger charge is -2.14. The largest absolute Gasteiger partial charge is 0.448 e. The molecular weight excluding hydrogens is 372 g/mol. The normalized spacial score (nSPS) is 12.3. The van der Waals surface area contributed by atoms with E-state index in [4.69, 9.17) is 4.84 Å². The van der Waals surface area contributed by atoms with Crippen molar-refractivity contribution >= 4 is 17.1 Å². The Morgan fingerprint density at radius 3 is 2.38 bits per heavy atom. The fraction of sp³-hybridized carbons (Fsp3) is 0.357. The molecule has 12 heteroatoms. The highest BCUT2D eigenvalue weighted by atomic mass is 19.4. The van der Waals surface area contributed by atoms with Gasteiger partial charge >= 0.3 is 18.4 Å². The van der Waals surface area contributed by atoms with Gasteiger partial charge in [0.2, 0.25) is 0 Å². The maximum Gasteiger partial charge on any atom is 0.433 e. The molecule has 0 aliphatic rings. The summed E-state index contributed by atoms with van der Waals surface area (Å²) in [7, 11) is 0. The lowest BCUT2D eigenvalue weighted by Crippen LogP contribution is -2.24. The van der Waals surface area contributed by atoms with Crippen molar-refractivity contribution in [1.29, 1.82) is 0 Å². The summed E-state index contributed by atoms with van der Waals surface area (Å²) in [6.45, 7) is 1.20. The van der Waals surface area contributed by atoms with E-state index in [-0.39, 0.29) is 18.4 Å². The molecule has 0 radical (unpaired) electrons. The molecule has 6 nitrogen and oxygen atoms in total. The number of halogens is 6. The van der Waals surface area contributed by atoms with Gasteiger partial charge in [0.25, 0.3) is 0 Å². The van der Waals surface area contributed by atoms with E-state index in [0.29, 0.717) is 0 Å². The number of hydrogen-bond acceptors (Lipinski definition) is 5. The van der Waals surface area contributed by atoms with Crippen LogP contribution in [-0.4, -0.2) is 22.7 Å². The average molecular weight is 383 g/mol. The molecule has 0 aliphatic carbocycles. The molecule has 0 fully saturated rings. The average Bonchev–Trinajstić information content (AvgIpc) is 2.52. The van der Waals surface area contributed by atoms with Crippen LogP contribution in [0.5, 0.6) is 0 Å². The fourth-order valence-electron chi connectivity index (χ4n) is 1.93. The van der Waals surface area contributed by atoms with Crippen molar-refractivity contribution in [2.45, 2.75) is 25.9 Å². The molecule has 142 valence electrons. The van der Waals surface area contributed by atoms with E-state index in [1.54, 1.807) is 6.92 Å². The first-order valence-corrected chi connectivity index (χ1v) is 7.02. The van der Waals surface area contributed by atoms with Gasteiger partial charge in [0, 0.05) is 5.39 Å². The van der Waals surface area contributed by atoms with Crippen molar-refractivity contribution in [1.82, 2.24) is 15.4 Å². The summed E-state index contributed by atoms with van der Waals surface area (Å²) in [5, 5.41) is -0.590. The van der Waals surface area contributed by atoms with Gasteiger partial charge in [-0.3, -0.25) is 4.84 Å². The molecule has 0 unspecified atom stereocenters. The van der Waals surface area contributed by atoms with Gasteiger partial charge in [-0.25, -0.2) is 14.8 Å². The number of nitrogens with one attached hydrogen (secondary N) is 1. The molecule has 0 spiro atoms. The molecule has 0 aromatic carbocycles. The third kappa shape index (κ3) is 4.71. The van der Waals surface area contributed by atoms with Crippen molar-refractivity contribution < 1.29 is 40.7 Å². The summed E-state index contributed by atoms with van der Waals surface area (Å²) in [6.07, 6.45) is -11.0. The Balaban J connectivity index is 2.36. The molecule has 1 N–H and O–H groups in total. The van der Waals surface area contributed by atoms with Crippen molar-refractivity contribution in [2.75, 3.05) is 6.61 Å². The second-order valence-electron chi connectivity index (χ2n) is 4.84. The molecule has 26 heavy (non-hydrogen) atoms. The molecule has 0 saturated carbocycles. The van der Waals surface area contributed by atoms with E-state index in [2.05, 4.69) is 14.7 Å². The maximum absolute atomic E-state index is 13.0. The number of pyridine rings is 2. The number of fused-ring (bicyclic) bond motifs is 1. The van der Waals surface area contributed by atoms with Crippen molar-refractivity contribution in [3.63, 3.8) is 0 Å². The second kappa shape index (κ2) is 7.32. The summed E-state index contributed by atoms with van der Waals surface area (Å²) in [5.74, 6) is 0. The minimum Gasteiger partial charge on any atom is -0.448 e. The van der Waals surface area contributed by atoms with Crippen LogP contribution in [0.4, 0.5) is 31.1 Å². The van der Waals surface area contributed by atoms with Gasteiger partial charge in [-0.1, -0.05) is 0 Å².